The highest BCUT2D eigenvalue weighted by atomic mass is 19.4. The molecule has 3 heterocycles. The topological polar surface area (TPSA) is 62.3 Å². The molecule has 5 nitrogen and oxygen atoms in total. The molecule has 2 amide bonds. The van der Waals surface area contributed by atoms with Crippen molar-refractivity contribution in [3.63, 3.8) is 0 Å². The van der Waals surface area contributed by atoms with Gasteiger partial charge in [0.2, 0.25) is 0 Å². The van der Waals surface area contributed by atoms with Gasteiger partial charge in [-0.3, -0.25) is 14.6 Å². The third-order valence-electron chi connectivity index (χ3n) is 5.68. The van der Waals surface area contributed by atoms with Crippen LogP contribution >= 0.6 is 0 Å². The molecule has 1 N–H and O–H groups in total. The van der Waals surface area contributed by atoms with E-state index in [4.69, 9.17) is 0 Å². The summed E-state index contributed by atoms with van der Waals surface area (Å²) in [5, 5.41) is 3.01. The number of fused-ring (bicyclic) bond motifs is 2. The summed E-state index contributed by atoms with van der Waals surface area (Å²) < 4.78 is 38.9. The Morgan fingerprint density at radius 2 is 1.66 bits per heavy atom. The van der Waals surface area contributed by atoms with E-state index in [-0.39, 0.29) is 35.5 Å². The highest BCUT2D eigenvalue weighted by Crippen LogP contribution is 2.37. The zero-order valence-electron chi connectivity index (χ0n) is 15.5. The van der Waals surface area contributed by atoms with E-state index in [1.165, 1.54) is 12.1 Å². The Kier molecular flexibility index (Phi) is 5.02. The van der Waals surface area contributed by atoms with E-state index in [0.717, 1.165) is 25.0 Å². The summed E-state index contributed by atoms with van der Waals surface area (Å²) in [4.78, 5) is 30.9. The Morgan fingerprint density at radius 3 is 2.28 bits per heavy atom. The maximum Gasteiger partial charge on any atom is 0.416 e. The van der Waals surface area contributed by atoms with Crippen molar-refractivity contribution < 1.29 is 22.8 Å². The Labute approximate surface area is 165 Å². The van der Waals surface area contributed by atoms with E-state index in [2.05, 4.69) is 10.3 Å². The van der Waals surface area contributed by atoms with Gasteiger partial charge in [-0.1, -0.05) is 6.07 Å². The predicted octanol–water partition coefficient (Wildman–Crippen LogP) is 3.67. The summed E-state index contributed by atoms with van der Waals surface area (Å²) in [5.41, 5.74) is -0.249. The molecule has 2 aromatic rings. The van der Waals surface area contributed by atoms with Crippen LogP contribution in [0.15, 0.2) is 48.8 Å². The van der Waals surface area contributed by atoms with Crippen LogP contribution in [0.25, 0.3) is 0 Å². The number of halogens is 3. The van der Waals surface area contributed by atoms with Gasteiger partial charge in [-0.2, -0.15) is 13.2 Å². The lowest BCUT2D eigenvalue weighted by molar-refractivity contribution is -0.137. The first-order valence-corrected chi connectivity index (χ1v) is 9.54. The molecule has 0 spiro atoms. The van der Waals surface area contributed by atoms with Crippen LogP contribution in [0.5, 0.6) is 0 Å². The molecule has 2 atom stereocenters. The molecule has 29 heavy (non-hydrogen) atoms. The van der Waals surface area contributed by atoms with Crippen LogP contribution in [0.1, 0.15) is 52.0 Å². The molecule has 2 saturated heterocycles. The second-order valence-corrected chi connectivity index (χ2v) is 7.55. The Morgan fingerprint density at radius 1 is 1.00 bits per heavy atom. The Hall–Kier alpha value is -2.90. The van der Waals surface area contributed by atoms with Gasteiger partial charge in [0.1, 0.15) is 0 Å². The number of nitrogens with one attached hydrogen (secondary N) is 1. The number of benzene rings is 1. The van der Waals surface area contributed by atoms with Gasteiger partial charge in [-0.15, -0.1) is 0 Å². The van der Waals surface area contributed by atoms with Crippen LogP contribution in [0.3, 0.4) is 0 Å². The van der Waals surface area contributed by atoms with Crippen molar-refractivity contribution in [2.75, 3.05) is 0 Å². The number of piperidine rings is 1. The maximum absolute atomic E-state index is 13.0. The minimum atomic E-state index is -4.49. The lowest BCUT2D eigenvalue weighted by atomic mass is 9.95. The van der Waals surface area contributed by atoms with Gasteiger partial charge in [0, 0.05) is 41.6 Å². The molecule has 0 radical (unpaired) electrons. The minimum absolute atomic E-state index is 0.0518. The Balaban J connectivity index is 1.46. The second-order valence-electron chi connectivity index (χ2n) is 7.55. The fourth-order valence-corrected chi connectivity index (χ4v) is 4.38. The van der Waals surface area contributed by atoms with Crippen LogP contribution in [0, 0.1) is 0 Å². The number of aromatic nitrogens is 1. The quantitative estimate of drug-likeness (QED) is 0.851. The molecule has 4 rings (SSSR count). The normalized spacial score (nSPS) is 23.7. The molecule has 2 unspecified atom stereocenters. The summed E-state index contributed by atoms with van der Waals surface area (Å²) in [6.45, 7) is 0. The number of carbonyl (C=O) groups is 2. The average molecular weight is 403 g/mol. The molecule has 2 aliphatic rings. The van der Waals surface area contributed by atoms with Crippen LogP contribution in [0.2, 0.25) is 0 Å². The van der Waals surface area contributed by atoms with Gasteiger partial charge >= 0.3 is 6.18 Å². The molecular formula is C21H20F3N3O2. The van der Waals surface area contributed by atoms with E-state index >= 15 is 0 Å². The van der Waals surface area contributed by atoms with Crippen LogP contribution in [-0.2, 0) is 6.18 Å². The van der Waals surface area contributed by atoms with Crippen LogP contribution < -0.4 is 5.32 Å². The summed E-state index contributed by atoms with van der Waals surface area (Å²) in [5.74, 6) is -0.558. The summed E-state index contributed by atoms with van der Waals surface area (Å²) in [6, 6.07) is 7.60. The molecule has 152 valence electrons. The monoisotopic (exact) mass is 403 g/mol. The van der Waals surface area contributed by atoms with Gasteiger partial charge in [-0.05, 0) is 56.0 Å². The van der Waals surface area contributed by atoms with Gasteiger partial charge in [-0.25, -0.2) is 0 Å². The minimum Gasteiger partial charge on any atom is -0.349 e. The predicted molar refractivity (Wildman–Crippen MR) is 99.1 cm³/mol. The molecule has 2 bridgehead atoms. The molecule has 2 fully saturated rings. The number of carbonyl (C=O) groups excluding carboxylic acids is 2. The fraction of sp³-hybridized carbons (Fsp3) is 0.381. The highest BCUT2D eigenvalue weighted by Gasteiger charge is 2.44. The first-order valence-electron chi connectivity index (χ1n) is 9.54. The summed E-state index contributed by atoms with van der Waals surface area (Å²) in [6.07, 6.45) is 1.38. The van der Waals surface area contributed by atoms with Gasteiger partial charge in [0.15, 0.2) is 0 Å². The standard InChI is InChI=1S/C21H20F3N3O2/c22-21(23,24)15-3-1-2-14(10-15)20(29)27-17-4-5-18(27)12-16(11-17)26-19(28)13-6-8-25-9-7-13/h1-3,6-10,16-18H,4-5,11-12H2,(H,26,28). The van der Waals surface area contributed by atoms with Crippen LogP contribution in [0.4, 0.5) is 13.2 Å². The van der Waals surface area contributed by atoms with Gasteiger partial charge in [0.25, 0.3) is 11.8 Å². The number of pyridine rings is 1. The number of alkyl halides is 3. The molecule has 1 aromatic carbocycles. The van der Waals surface area contributed by atoms with Gasteiger partial charge < -0.3 is 10.2 Å². The van der Waals surface area contributed by atoms with E-state index in [9.17, 15) is 22.8 Å². The van der Waals surface area contributed by atoms with Crippen molar-refractivity contribution in [3.05, 3.63) is 65.5 Å². The smallest absolute Gasteiger partial charge is 0.349 e. The zero-order chi connectivity index (χ0) is 20.6. The van der Waals surface area contributed by atoms with Crippen molar-refractivity contribution in [3.8, 4) is 0 Å². The number of rotatable bonds is 3. The van der Waals surface area contributed by atoms with Crippen LogP contribution in [-0.4, -0.2) is 39.8 Å². The third-order valence-corrected chi connectivity index (χ3v) is 5.68. The van der Waals surface area contributed by atoms with Crippen molar-refractivity contribution in [1.29, 1.82) is 0 Å². The fourth-order valence-electron chi connectivity index (χ4n) is 4.38. The lowest BCUT2D eigenvalue weighted by Gasteiger charge is -2.39. The molecule has 0 saturated carbocycles. The highest BCUT2D eigenvalue weighted by molar-refractivity contribution is 5.95. The SMILES string of the molecule is O=C(NC1CC2CCC(C1)N2C(=O)c1cccc(C(F)(F)F)c1)c1ccncc1. The summed E-state index contributed by atoms with van der Waals surface area (Å²) >= 11 is 0. The first-order chi connectivity index (χ1) is 13.8. The van der Waals surface area contributed by atoms with Crippen molar-refractivity contribution in [2.24, 2.45) is 0 Å². The van der Waals surface area contributed by atoms with E-state index in [1.54, 1.807) is 29.4 Å². The van der Waals surface area contributed by atoms with Crippen molar-refractivity contribution >= 4 is 11.8 Å². The average Bonchev–Trinajstić information content (AvgIpc) is 2.98. The van der Waals surface area contributed by atoms with Crippen molar-refractivity contribution in [1.82, 2.24) is 15.2 Å². The largest absolute Gasteiger partial charge is 0.416 e. The number of hydrogen-bond donors (Lipinski definition) is 1. The molecule has 2 aliphatic heterocycles. The summed E-state index contributed by atoms with van der Waals surface area (Å²) in [7, 11) is 0. The lowest BCUT2D eigenvalue weighted by Crippen LogP contribution is -2.52. The van der Waals surface area contributed by atoms with E-state index in [0.29, 0.717) is 18.4 Å². The molecule has 8 heteroatoms. The zero-order valence-corrected chi connectivity index (χ0v) is 15.5. The van der Waals surface area contributed by atoms with E-state index in [1.807, 2.05) is 0 Å². The Bertz CT molecular complexity index is 903. The maximum atomic E-state index is 13.0. The number of amides is 2. The first kappa shape index (κ1) is 19.4. The molecule has 1 aromatic heterocycles. The van der Waals surface area contributed by atoms with E-state index < -0.39 is 11.7 Å². The number of nitrogens with zero attached hydrogens (tertiary/aromatic N) is 2. The molecular weight excluding hydrogens is 383 g/mol. The second kappa shape index (κ2) is 7.50. The molecule has 0 aliphatic carbocycles. The third kappa shape index (κ3) is 3.97. The van der Waals surface area contributed by atoms with Gasteiger partial charge in [0.05, 0.1) is 5.56 Å². The van der Waals surface area contributed by atoms with Crippen molar-refractivity contribution in [2.45, 2.75) is 50.0 Å². The number of hydrogen-bond acceptors (Lipinski definition) is 3.